The van der Waals surface area contributed by atoms with E-state index in [1.807, 2.05) is 4.90 Å². The summed E-state index contributed by atoms with van der Waals surface area (Å²) >= 11 is 2.85. The van der Waals surface area contributed by atoms with Crippen LogP contribution in [0.1, 0.15) is 50.5 Å². The predicted molar refractivity (Wildman–Crippen MR) is 101 cm³/mol. The molecule has 1 aliphatic rings. The van der Waals surface area contributed by atoms with Crippen molar-refractivity contribution in [2.45, 2.75) is 56.5 Å². The SMILES string of the molecule is CC(C)CC(C)NC[C@H]1CCC(=O)N1CCSc1nc(C(=O)O)cs1. The molecule has 1 aromatic heterocycles. The van der Waals surface area contributed by atoms with E-state index in [2.05, 4.69) is 31.1 Å². The molecular formula is C17H27N3O3S2. The van der Waals surface area contributed by atoms with E-state index < -0.39 is 5.97 Å². The Morgan fingerprint density at radius 1 is 1.52 bits per heavy atom. The minimum atomic E-state index is -1.00. The van der Waals surface area contributed by atoms with Crippen LogP contribution in [0.15, 0.2) is 9.72 Å². The fourth-order valence-corrected chi connectivity index (χ4v) is 4.90. The Labute approximate surface area is 157 Å². The second-order valence-corrected chi connectivity index (χ2v) is 9.07. The lowest BCUT2D eigenvalue weighted by Gasteiger charge is -2.26. The lowest BCUT2D eigenvalue weighted by molar-refractivity contribution is -0.128. The van der Waals surface area contributed by atoms with Crippen molar-refractivity contribution < 1.29 is 14.7 Å². The molecule has 0 spiro atoms. The first-order chi connectivity index (χ1) is 11.9. The van der Waals surface area contributed by atoms with Crippen molar-refractivity contribution in [3.05, 3.63) is 11.1 Å². The van der Waals surface area contributed by atoms with Gasteiger partial charge in [0.25, 0.3) is 0 Å². The monoisotopic (exact) mass is 385 g/mol. The number of rotatable bonds is 10. The number of likely N-dealkylation sites (tertiary alicyclic amines) is 1. The molecule has 2 heterocycles. The molecule has 0 bridgehead atoms. The van der Waals surface area contributed by atoms with Crippen LogP contribution in [0.5, 0.6) is 0 Å². The van der Waals surface area contributed by atoms with Gasteiger partial charge in [0.2, 0.25) is 5.91 Å². The number of thioether (sulfide) groups is 1. The number of amides is 1. The highest BCUT2D eigenvalue weighted by Gasteiger charge is 2.30. The molecule has 2 N–H and O–H groups in total. The summed E-state index contributed by atoms with van der Waals surface area (Å²) in [5, 5.41) is 14.0. The zero-order valence-corrected chi connectivity index (χ0v) is 16.7. The number of aromatic nitrogens is 1. The zero-order chi connectivity index (χ0) is 18.4. The number of nitrogens with one attached hydrogen (secondary N) is 1. The van der Waals surface area contributed by atoms with Gasteiger partial charge in [0, 0.05) is 42.7 Å². The van der Waals surface area contributed by atoms with E-state index in [1.165, 1.54) is 23.1 Å². The Bertz CT molecular complexity index is 591. The second-order valence-electron chi connectivity index (χ2n) is 6.87. The number of carboxylic acid groups (broad SMARTS) is 1. The van der Waals surface area contributed by atoms with Crippen molar-refractivity contribution in [1.29, 1.82) is 0 Å². The van der Waals surface area contributed by atoms with E-state index in [-0.39, 0.29) is 17.6 Å². The first-order valence-electron chi connectivity index (χ1n) is 8.71. The summed E-state index contributed by atoms with van der Waals surface area (Å²) in [5.41, 5.74) is 0.0889. The molecule has 1 saturated heterocycles. The first-order valence-corrected chi connectivity index (χ1v) is 10.6. The van der Waals surface area contributed by atoms with Crippen LogP contribution in [0, 0.1) is 5.92 Å². The number of aromatic carboxylic acids is 1. The molecule has 8 heteroatoms. The van der Waals surface area contributed by atoms with E-state index >= 15 is 0 Å². The van der Waals surface area contributed by atoms with E-state index in [4.69, 9.17) is 5.11 Å². The summed E-state index contributed by atoms with van der Waals surface area (Å²) in [7, 11) is 0. The van der Waals surface area contributed by atoms with Gasteiger partial charge in [-0.05, 0) is 25.7 Å². The average Bonchev–Trinajstić information content (AvgIpc) is 3.13. The number of hydrogen-bond acceptors (Lipinski definition) is 6. The summed E-state index contributed by atoms with van der Waals surface area (Å²) in [6.07, 6.45) is 2.66. The molecule has 1 unspecified atom stereocenters. The fraction of sp³-hybridized carbons (Fsp3) is 0.706. The maximum atomic E-state index is 12.1. The molecule has 6 nitrogen and oxygen atoms in total. The van der Waals surface area contributed by atoms with Crippen LogP contribution in [0.2, 0.25) is 0 Å². The molecule has 1 fully saturated rings. The van der Waals surface area contributed by atoms with Crippen LogP contribution in [-0.4, -0.2) is 57.8 Å². The van der Waals surface area contributed by atoms with E-state index in [0.29, 0.717) is 24.9 Å². The van der Waals surface area contributed by atoms with Gasteiger partial charge in [-0.2, -0.15) is 0 Å². The quantitative estimate of drug-likeness (QED) is 0.603. The number of nitrogens with zero attached hydrogens (tertiary/aromatic N) is 2. The maximum Gasteiger partial charge on any atom is 0.355 e. The van der Waals surface area contributed by atoms with Gasteiger partial charge in [0.05, 0.1) is 0 Å². The fourth-order valence-electron chi connectivity index (χ4n) is 3.09. The van der Waals surface area contributed by atoms with Crippen molar-refractivity contribution in [3.8, 4) is 0 Å². The van der Waals surface area contributed by atoms with Crippen molar-refractivity contribution in [1.82, 2.24) is 15.2 Å². The van der Waals surface area contributed by atoms with E-state index in [0.717, 1.165) is 29.5 Å². The molecule has 2 rings (SSSR count). The van der Waals surface area contributed by atoms with Gasteiger partial charge in [0.1, 0.15) is 0 Å². The maximum absolute atomic E-state index is 12.1. The summed E-state index contributed by atoms with van der Waals surface area (Å²) < 4.78 is 0.740. The second kappa shape index (κ2) is 9.54. The van der Waals surface area contributed by atoms with Gasteiger partial charge in [-0.25, -0.2) is 9.78 Å². The van der Waals surface area contributed by atoms with Crippen LogP contribution in [0.4, 0.5) is 0 Å². The van der Waals surface area contributed by atoms with Crippen LogP contribution >= 0.6 is 23.1 Å². The summed E-state index contributed by atoms with van der Waals surface area (Å²) in [4.78, 5) is 29.0. The van der Waals surface area contributed by atoms with Crippen molar-refractivity contribution >= 4 is 35.0 Å². The molecule has 0 aromatic carbocycles. The summed E-state index contributed by atoms with van der Waals surface area (Å²) in [6.45, 7) is 8.14. The van der Waals surface area contributed by atoms with Gasteiger partial charge in [0.15, 0.2) is 10.0 Å². The van der Waals surface area contributed by atoms with Crippen molar-refractivity contribution in [3.63, 3.8) is 0 Å². The normalized spacial score (nSPS) is 19.0. The minimum absolute atomic E-state index is 0.0889. The molecule has 0 radical (unpaired) electrons. The number of hydrogen-bond donors (Lipinski definition) is 2. The van der Waals surface area contributed by atoms with Gasteiger partial charge < -0.3 is 15.3 Å². The van der Waals surface area contributed by atoms with E-state index in [1.54, 1.807) is 5.38 Å². The lowest BCUT2D eigenvalue weighted by Crippen LogP contribution is -2.43. The number of thiazole rings is 1. The molecule has 2 atom stereocenters. The standard InChI is InChI=1S/C17H27N3O3S2/c1-11(2)8-12(3)18-9-13-4-5-15(21)20(13)6-7-24-17-19-14(10-25-17)16(22)23/h10-13,18H,4-9H2,1-3H3,(H,22,23)/t12?,13-/m1/s1. The Morgan fingerprint density at radius 2 is 2.28 bits per heavy atom. The molecule has 1 amide bonds. The predicted octanol–water partition coefficient (Wildman–Crippen LogP) is 2.95. The number of carbonyl (C=O) groups is 2. The Kier molecular flexibility index (Phi) is 7.71. The summed E-state index contributed by atoms with van der Waals surface area (Å²) in [6, 6.07) is 0.713. The van der Waals surface area contributed by atoms with Gasteiger partial charge >= 0.3 is 5.97 Å². The van der Waals surface area contributed by atoms with Gasteiger partial charge in [-0.1, -0.05) is 25.6 Å². The van der Waals surface area contributed by atoms with Gasteiger partial charge in [-0.3, -0.25) is 4.79 Å². The molecule has 0 saturated carbocycles. The van der Waals surface area contributed by atoms with Crippen LogP contribution < -0.4 is 5.32 Å². The van der Waals surface area contributed by atoms with E-state index in [9.17, 15) is 9.59 Å². The third kappa shape index (κ3) is 6.27. The first kappa shape index (κ1) is 20.2. The highest BCUT2D eigenvalue weighted by Crippen LogP contribution is 2.25. The van der Waals surface area contributed by atoms with Crippen molar-refractivity contribution in [2.75, 3.05) is 18.8 Å². The number of carbonyl (C=O) groups excluding carboxylic acids is 1. The number of carboxylic acids is 1. The molecule has 0 aliphatic carbocycles. The third-order valence-corrected chi connectivity index (χ3v) is 6.24. The zero-order valence-electron chi connectivity index (χ0n) is 15.0. The molecule has 140 valence electrons. The molecular weight excluding hydrogens is 358 g/mol. The van der Waals surface area contributed by atoms with Crippen LogP contribution in [0.3, 0.4) is 0 Å². The van der Waals surface area contributed by atoms with Crippen LogP contribution in [0.25, 0.3) is 0 Å². The Morgan fingerprint density at radius 3 is 2.92 bits per heavy atom. The van der Waals surface area contributed by atoms with Crippen LogP contribution in [-0.2, 0) is 4.79 Å². The summed E-state index contributed by atoms with van der Waals surface area (Å²) in [5.74, 6) is 0.610. The Hall–Kier alpha value is -1.12. The van der Waals surface area contributed by atoms with Crippen molar-refractivity contribution in [2.24, 2.45) is 5.92 Å². The smallest absolute Gasteiger partial charge is 0.355 e. The van der Waals surface area contributed by atoms with Gasteiger partial charge in [-0.15, -0.1) is 11.3 Å². The lowest BCUT2D eigenvalue weighted by atomic mass is 10.0. The molecule has 25 heavy (non-hydrogen) atoms. The Balaban J connectivity index is 1.77. The minimum Gasteiger partial charge on any atom is -0.476 e. The topological polar surface area (TPSA) is 82.5 Å². The molecule has 1 aliphatic heterocycles. The largest absolute Gasteiger partial charge is 0.476 e. The highest BCUT2D eigenvalue weighted by atomic mass is 32.2. The average molecular weight is 386 g/mol. The third-order valence-electron chi connectivity index (χ3n) is 4.24. The highest BCUT2D eigenvalue weighted by molar-refractivity contribution is 8.01. The molecule has 1 aromatic rings.